The van der Waals surface area contributed by atoms with Crippen LogP contribution in [0.2, 0.25) is 10.0 Å². The molecule has 23 heavy (non-hydrogen) atoms. The van der Waals surface area contributed by atoms with Gasteiger partial charge in [0.15, 0.2) is 5.76 Å². The number of rotatable bonds is 4. The molecule has 0 aliphatic rings. The fourth-order valence-corrected chi connectivity index (χ4v) is 2.54. The van der Waals surface area contributed by atoms with Gasteiger partial charge in [0, 0.05) is 21.7 Å². The third-order valence-electron chi connectivity index (χ3n) is 3.07. The van der Waals surface area contributed by atoms with Crippen molar-refractivity contribution in [1.29, 1.82) is 0 Å². The Hall–Kier alpha value is -2.30. The minimum Gasteiger partial charge on any atom is -0.455 e. The van der Waals surface area contributed by atoms with E-state index in [2.05, 4.69) is 5.16 Å². The van der Waals surface area contributed by atoms with Crippen molar-refractivity contribution >= 4 is 29.2 Å². The molecule has 0 saturated carbocycles. The SMILES string of the molecule is O=C(OCc1cc(-c2ccccc2)on1)c1cc(Cl)cc(Cl)c1. The number of hydrogen-bond acceptors (Lipinski definition) is 4. The van der Waals surface area contributed by atoms with Gasteiger partial charge in [-0.25, -0.2) is 4.79 Å². The summed E-state index contributed by atoms with van der Waals surface area (Å²) < 4.78 is 10.4. The predicted molar refractivity (Wildman–Crippen MR) is 87.5 cm³/mol. The highest BCUT2D eigenvalue weighted by atomic mass is 35.5. The van der Waals surface area contributed by atoms with E-state index in [-0.39, 0.29) is 12.2 Å². The second-order valence-electron chi connectivity index (χ2n) is 4.78. The Bertz CT molecular complexity index is 811. The maximum atomic E-state index is 12.0. The zero-order valence-electron chi connectivity index (χ0n) is 11.8. The van der Waals surface area contributed by atoms with E-state index >= 15 is 0 Å². The predicted octanol–water partition coefficient (Wildman–Crippen LogP) is 5.01. The van der Waals surface area contributed by atoms with Crippen molar-refractivity contribution in [2.24, 2.45) is 0 Å². The van der Waals surface area contributed by atoms with Crippen molar-refractivity contribution in [3.05, 3.63) is 75.9 Å². The summed E-state index contributed by atoms with van der Waals surface area (Å²) in [5.41, 5.74) is 1.71. The van der Waals surface area contributed by atoms with Crippen molar-refractivity contribution in [2.75, 3.05) is 0 Å². The van der Waals surface area contributed by atoms with Crippen LogP contribution in [-0.2, 0) is 11.3 Å². The first-order valence-electron chi connectivity index (χ1n) is 6.76. The highest BCUT2D eigenvalue weighted by molar-refractivity contribution is 6.35. The Balaban J connectivity index is 1.67. The fourth-order valence-electron chi connectivity index (χ4n) is 2.01. The van der Waals surface area contributed by atoms with E-state index in [9.17, 15) is 4.79 Å². The summed E-state index contributed by atoms with van der Waals surface area (Å²) in [6.07, 6.45) is 0. The summed E-state index contributed by atoms with van der Waals surface area (Å²) >= 11 is 11.7. The summed E-state index contributed by atoms with van der Waals surface area (Å²) in [5, 5.41) is 4.63. The fraction of sp³-hybridized carbons (Fsp3) is 0.0588. The van der Waals surface area contributed by atoms with Crippen LogP contribution in [0, 0.1) is 0 Å². The van der Waals surface area contributed by atoms with Gasteiger partial charge < -0.3 is 9.26 Å². The molecule has 0 atom stereocenters. The Morgan fingerprint density at radius 1 is 1.04 bits per heavy atom. The van der Waals surface area contributed by atoms with Crippen LogP contribution < -0.4 is 0 Å². The van der Waals surface area contributed by atoms with Crippen LogP contribution in [0.3, 0.4) is 0 Å². The van der Waals surface area contributed by atoms with E-state index < -0.39 is 5.97 Å². The molecule has 3 aromatic rings. The second kappa shape index (κ2) is 6.86. The van der Waals surface area contributed by atoms with Gasteiger partial charge in [0.2, 0.25) is 0 Å². The smallest absolute Gasteiger partial charge is 0.338 e. The molecule has 2 aromatic carbocycles. The van der Waals surface area contributed by atoms with Gasteiger partial charge in [0.1, 0.15) is 12.3 Å². The van der Waals surface area contributed by atoms with Crippen molar-refractivity contribution in [2.45, 2.75) is 6.61 Å². The summed E-state index contributed by atoms with van der Waals surface area (Å²) in [4.78, 5) is 12.0. The Morgan fingerprint density at radius 3 is 2.43 bits per heavy atom. The van der Waals surface area contributed by atoms with Crippen LogP contribution >= 0.6 is 23.2 Å². The molecule has 0 spiro atoms. The van der Waals surface area contributed by atoms with Gasteiger partial charge in [0.25, 0.3) is 0 Å². The average Bonchev–Trinajstić information content (AvgIpc) is 3.01. The highest BCUT2D eigenvalue weighted by Gasteiger charge is 2.12. The zero-order valence-corrected chi connectivity index (χ0v) is 13.3. The lowest BCUT2D eigenvalue weighted by Crippen LogP contribution is -2.05. The number of halogens is 2. The van der Waals surface area contributed by atoms with Gasteiger partial charge in [0.05, 0.1) is 5.56 Å². The molecule has 3 rings (SSSR count). The van der Waals surface area contributed by atoms with Crippen molar-refractivity contribution in [3.63, 3.8) is 0 Å². The van der Waals surface area contributed by atoms with Gasteiger partial charge in [-0.05, 0) is 18.2 Å². The largest absolute Gasteiger partial charge is 0.455 e. The first kappa shape index (κ1) is 15.6. The number of nitrogens with zero attached hydrogens (tertiary/aromatic N) is 1. The van der Waals surface area contributed by atoms with Gasteiger partial charge in [-0.15, -0.1) is 0 Å². The molecule has 4 nitrogen and oxygen atoms in total. The lowest BCUT2D eigenvalue weighted by molar-refractivity contribution is 0.0464. The average molecular weight is 348 g/mol. The molecule has 0 aliphatic carbocycles. The number of ether oxygens (including phenoxy) is 1. The molecule has 1 aromatic heterocycles. The normalized spacial score (nSPS) is 10.5. The number of aromatic nitrogens is 1. The van der Waals surface area contributed by atoms with Gasteiger partial charge in [-0.1, -0.05) is 58.7 Å². The maximum absolute atomic E-state index is 12.0. The zero-order chi connectivity index (χ0) is 16.2. The van der Waals surface area contributed by atoms with E-state index in [1.165, 1.54) is 12.1 Å². The maximum Gasteiger partial charge on any atom is 0.338 e. The van der Waals surface area contributed by atoms with Crippen LogP contribution in [0.25, 0.3) is 11.3 Å². The van der Waals surface area contributed by atoms with E-state index in [1.807, 2.05) is 30.3 Å². The van der Waals surface area contributed by atoms with E-state index in [1.54, 1.807) is 12.1 Å². The minimum absolute atomic E-state index is 0.000695. The van der Waals surface area contributed by atoms with Crippen LogP contribution in [0.15, 0.2) is 59.1 Å². The number of esters is 1. The van der Waals surface area contributed by atoms with Crippen LogP contribution in [0.1, 0.15) is 16.1 Å². The molecule has 0 bridgehead atoms. The lowest BCUT2D eigenvalue weighted by atomic mass is 10.2. The van der Waals surface area contributed by atoms with E-state index in [0.29, 0.717) is 21.5 Å². The Kier molecular flexibility index (Phi) is 4.65. The molecule has 0 aliphatic heterocycles. The topological polar surface area (TPSA) is 52.3 Å². The number of carbonyl (C=O) groups is 1. The Labute approximate surface area is 142 Å². The first-order chi connectivity index (χ1) is 11.1. The Morgan fingerprint density at radius 2 is 1.74 bits per heavy atom. The molecular weight excluding hydrogens is 337 g/mol. The van der Waals surface area contributed by atoms with Gasteiger partial charge >= 0.3 is 5.97 Å². The molecule has 0 fully saturated rings. The molecule has 0 amide bonds. The third kappa shape index (κ3) is 3.92. The summed E-state index contributed by atoms with van der Waals surface area (Å²) in [6, 6.07) is 15.8. The summed E-state index contributed by atoms with van der Waals surface area (Å²) in [5.74, 6) is 0.0844. The van der Waals surface area contributed by atoms with Crippen molar-refractivity contribution in [3.8, 4) is 11.3 Å². The molecule has 0 radical (unpaired) electrons. The van der Waals surface area contributed by atoms with Gasteiger partial charge in [-0.2, -0.15) is 0 Å². The standard InChI is InChI=1S/C17H11Cl2NO3/c18-13-6-12(7-14(19)8-13)17(21)22-10-15-9-16(23-20-15)11-4-2-1-3-5-11/h1-9H,10H2. The number of carbonyl (C=O) groups excluding carboxylic acids is 1. The van der Waals surface area contributed by atoms with Gasteiger partial charge in [-0.3, -0.25) is 0 Å². The van der Waals surface area contributed by atoms with Crippen LogP contribution in [0.5, 0.6) is 0 Å². The quantitative estimate of drug-likeness (QED) is 0.622. The van der Waals surface area contributed by atoms with E-state index in [0.717, 1.165) is 5.56 Å². The first-order valence-corrected chi connectivity index (χ1v) is 7.51. The van der Waals surface area contributed by atoms with Crippen LogP contribution in [-0.4, -0.2) is 11.1 Å². The summed E-state index contributed by atoms with van der Waals surface area (Å²) in [7, 11) is 0. The molecule has 0 N–H and O–H groups in total. The molecule has 0 unspecified atom stereocenters. The molecular formula is C17H11Cl2NO3. The highest BCUT2D eigenvalue weighted by Crippen LogP contribution is 2.22. The van der Waals surface area contributed by atoms with Crippen LogP contribution in [0.4, 0.5) is 0 Å². The molecule has 0 saturated heterocycles. The second-order valence-corrected chi connectivity index (χ2v) is 5.66. The van der Waals surface area contributed by atoms with Crippen molar-refractivity contribution < 1.29 is 14.1 Å². The summed E-state index contributed by atoms with van der Waals surface area (Å²) in [6.45, 7) is -0.000695. The minimum atomic E-state index is -0.529. The third-order valence-corrected chi connectivity index (χ3v) is 3.50. The molecule has 116 valence electrons. The molecule has 6 heteroatoms. The number of hydrogen-bond donors (Lipinski definition) is 0. The van der Waals surface area contributed by atoms with Crippen molar-refractivity contribution in [1.82, 2.24) is 5.16 Å². The lowest BCUT2D eigenvalue weighted by Gasteiger charge is -2.03. The molecule has 1 heterocycles. The van der Waals surface area contributed by atoms with E-state index in [4.69, 9.17) is 32.5 Å². The monoisotopic (exact) mass is 347 g/mol. The number of benzene rings is 2.